The van der Waals surface area contributed by atoms with E-state index < -0.39 is 5.82 Å². The molecule has 1 atom stereocenters. The van der Waals surface area contributed by atoms with Gasteiger partial charge in [-0.1, -0.05) is 6.07 Å². The molecule has 1 aliphatic rings. The lowest BCUT2D eigenvalue weighted by atomic mass is 10.1. The smallest absolute Gasteiger partial charge is 0.321 e. The van der Waals surface area contributed by atoms with Crippen LogP contribution in [0.15, 0.2) is 18.2 Å². The van der Waals surface area contributed by atoms with Gasteiger partial charge in [0.05, 0.1) is 11.8 Å². The number of amides is 2. The van der Waals surface area contributed by atoms with Gasteiger partial charge in [0.1, 0.15) is 5.82 Å². The summed E-state index contributed by atoms with van der Waals surface area (Å²) >= 11 is 0. The topological polar surface area (TPSA) is 41.6 Å². The number of nitrogens with one attached hydrogen (secondary N) is 1. The Morgan fingerprint density at radius 2 is 2.33 bits per heavy atom. The van der Waals surface area contributed by atoms with Crippen LogP contribution >= 0.6 is 0 Å². The number of aryl methyl sites for hydroxylation is 1. The summed E-state index contributed by atoms with van der Waals surface area (Å²) in [7, 11) is 1.72. The molecule has 5 heteroatoms. The summed E-state index contributed by atoms with van der Waals surface area (Å²) in [5.74, 6) is -0.415. The third kappa shape index (κ3) is 4.70. The molecule has 1 aromatic rings. The molecular weight excluding hydrogens is 271 g/mol. The van der Waals surface area contributed by atoms with Gasteiger partial charge in [-0.15, -0.1) is 0 Å². The van der Waals surface area contributed by atoms with Crippen molar-refractivity contribution in [3.05, 3.63) is 29.6 Å². The number of halogens is 1. The number of carbonyl (C=O) groups is 1. The minimum Gasteiger partial charge on any atom is -0.378 e. The highest BCUT2D eigenvalue weighted by Gasteiger charge is 2.16. The van der Waals surface area contributed by atoms with Crippen LogP contribution in [-0.4, -0.2) is 37.2 Å². The monoisotopic (exact) mass is 294 g/mol. The Balaban J connectivity index is 1.77. The highest BCUT2D eigenvalue weighted by molar-refractivity contribution is 5.89. The van der Waals surface area contributed by atoms with Crippen molar-refractivity contribution in [3.63, 3.8) is 0 Å². The fraction of sp³-hybridized carbons (Fsp3) is 0.562. The van der Waals surface area contributed by atoms with Crippen molar-refractivity contribution in [2.45, 2.75) is 38.7 Å². The van der Waals surface area contributed by atoms with Crippen LogP contribution in [0.1, 0.15) is 31.2 Å². The number of nitrogens with zero attached hydrogens (tertiary/aromatic N) is 1. The Morgan fingerprint density at radius 3 is 3.05 bits per heavy atom. The maximum absolute atomic E-state index is 13.6. The average molecular weight is 294 g/mol. The number of anilines is 1. The zero-order valence-corrected chi connectivity index (χ0v) is 12.7. The first-order chi connectivity index (χ1) is 10.1. The Morgan fingerprint density at radius 1 is 1.52 bits per heavy atom. The van der Waals surface area contributed by atoms with Gasteiger partial charge in [0.2, 0.25) is 0 Å². The van der Waals surface area contributed by atoms with Crippen molar-refractivity contribution >= 4 is 11.7 Å². The third-order valence-corrected chi connectivity index (χ3v) is 3.75. The van der Waals surface area contributed by atoms with Gasteiger partial charge < -0.3 is 15.0 Å². The molecule has 116 valence electrons. The lowest BCUT2D eigenvalue weighted by Crippen LogP contribution is -2.32. The SMILES string of the molecule is Cc1ccc(F)c(NC(=O)N(C)CCC[C@H]2CCCO2)c1. The quantitative estimate of drug-likeness (QED) is 0.902. The summed E-state index contributed by atoms with van der Waals surface area (Å²) < 4.78 is 19.2. The lowest BCUT2D eigenvalue weighted by Gasteiger charge is -2.19. The maximum Gasteiger partial charge on any atom is 0.321 e. The van der Waals surface area contributed by atoms with Crippen LogP contribution in [0.4, 0.5) is 14.9 Å². The van der Waals surface area contributed by atoms with Crippen molar-refractivity contribution in [1.29, 1.82) is 0 Å². The van der Waals surface area contributed by atoms with E-state index in [4.69, 9.17) is 4.74 Å². The molecule has 21 heavy (non-hydrogen) atoms. The number of benzene rings is 1. The average Bonchev–Trinajstić information content (AvgIpc) is 2.96. The predicted molar refractivity (Wildman–Crippen MR) is 81.0 cm³/mol. The van der Waals surface area contributed by atoms with Gasteiger partial charge in [-0.25, -0.2) is 9.18 Å². The van der Waals surface area contributed by atoms with Gasteiger partial charge >= 0.3 is 6.03 Å². The summed E-state index contributed by atoms with van der Waals surface area (Å²) in [6.07, 6.45) is 4.45. The van der Waals surface area contributed by atoms with Crippen molar-refractivity contribution in [2.75, 3.05) is 25.5 Å². The molecule has 1 saturated heterocycles. The van der Waals surface area contributed by atoms with Crippen molar-refractivity contribution < 1.29 is 13.9 Å². The summed E-state index contributed by atoms with van der Waals surface area (Å²) in [5.41, 5.74) is 1.14. The normalized spacial score (nSPS) is 17.8. The first-order valence-electron chi connectivity index (χ1n) is 7.46. The molecular formula is C16H23FN2O2. The summed E-state index contributed by atoms with van der Waals surface area (Å²) in [4.78, 5) is 13.6. The lowest BCUT2D eigenvalue weighted by molar-refractivity contribution is 0.101. The number of urea groups is 1. The minimum absolute atomic E-state index is 0.228. The molecule has 1 aliphatic heterocycles. The maximum atomic E-state index is 13.6. The van der Waals surface area contributed by atoms with E-state index in [2.05, 4.69) is 5.32 Å². The fourth-order valence-electron chi connectivity index (χ4n) is 2.48. The molecule has 0 unspecified atom stereocenters. The number of ether oxygens (including phenoxy) is 1. The zero-order valence-electron chi connectivity index (χ0n) is 12.7. The van der Waals surface area contributed by atoms with E-state index in [1.54, 1.807) is 24.1 Å². The van der Waals surface area contributed by atoms with Gasteiger partial charge in [-0.2, -0.15) is 0 Å². The molecule has 4 nitrogen and oxygen atoms in total. The number of hydrogen-bond acceptors (Lipinski definition) is 2. The molecule has 2 amide bonds. The highest BCUT2D eigenvalue weighted by Crippen LogP contribution is 2.18. The Labute approximate surface area is 125 Å². The molecule has 0 radical (unpaired) electrons. The van der Waals surface area contributed by atoms with Crippen LogP contribution in [0.25, 0.3) is 0 Å². The Hall–Kier alpha value is -1.62. The van der Waals surface area contributed by atoms with Crippen LogP contribution < -0.4 is 5.32 Å². The molecule has 1 aromatic carbocycles. The Kier molecular flexibility index (Phi) is 5.56. The van der Waals surface area contributed by atoms with E-state index in [0.717, 1.165) is 37.9 Å². The molecule has 1 fully saturated rings. The van der Waals surface area contributed by atoms with Gasteiger partial charge in [0, 0.05) is 20.2 Å². The number of hydrogen-bond donors (Lipinski definition) is 1. The molecule has 0 aromatic heterocycles. The molecule has 0 aliphatic carbocycles. The van der Waals surface area contributed by atoms with Gasteiger partial charge in [0.15, 0.2) is 0 Å². The van der Waals surface area contributed by atoms with E-state index in [-0.39, 0.29) is 11.7 Å². The van der Waals surface area contributed by atoms with E-state index in [9.17, 15) is 9.18 Å². The van der Waals surface area contributed by atoms with Crippen LogP contribution in [0, 0.1) is 12.7 Å². The second-order valence-electron chi connectivity index (χ2n) is 5.61. The van der Waals surface area contributed by atoms with Crippen molar-refractivity contribution in [3.8, 4) is 0 Å². The molecule has 1 N–H and O–H groups in total. The van der Waals surface area contributed by atoms with Crippen LogP contribution in [0.3, 0.4) is 0 Å². The predicted octanol–water partition coefficient (Wildman–Crippen LogP) is 3.56. The van der Waals surface area contributed by atoms with Gasteiger partial charge in [-0.05, 0) is 50.3 Å². The number of rotatable bonds is 5. The minimum atomic E-state index is -0.415. The van der Waals surface area contributed by atoms with Crippen LogP contribution in [-0.2, 0) is 4.74 Å². The van der Waals surface area contributed by atoms with E-state index in [0.29, 0.717) is 12.6 Å². The standard InChI is InChI=1S/C16H23FN2O2/c1-12-7-8-14(17)15(11-12)18-16(20)19(2)9-3-5-13-6-4-10-21-13/h7-8,11,13H,3-6,9-10H2,1-2H3,(H,18,20)/t13-/m0/s1. The van der Waals surface area contributed by atoms with Gasteiger partial charge in [0.25, 0.3) is 0 Å². The second kappa shape index (κ2) is 7.41. The molecule has 0 saturated carbocycles. The summed E-state index contributed by atoms with van der Waals surface area (Å²) in [6, 6.07) is 4.39. The van der Waals surface area contributed by atoms with Crippen LogP contribution in [0.2, 0.25) is 0 Å². The second-order valence-corrected chi connectivity index (χ2v) is 5.61. The summed E-state index contributed by atoms with van der Waals surface area (Å²) in [5, 5.41) is 2.61. The molecule has 1 heterocycles. The zero-order chi connectivity index (χ0) is 15.2. The highest BCUT2D eigenvalue weighted by atomic mass is 19.1. The largest absolute Gasteiger partial charge is 0.378 e. The fourth-order valence-corrected chi connectivity index (χ4v) is 2.48. The van der Waals surface area contributed by atoms with Crippen molar-refractivity contribution in [2.24, 2.45) is 0 Å². The Bertz CT molecular complexity index is 487. The van der Waals surface area contributed by atoms with E-state index in [1.165, 1.54) is 6.07 Å². The van der Waals surface area contributed by atoms with E-state index in [1.807, 2.05) is 6.92 Å². The van der Waals surface area contributed by atoms with Crippen molar-refractivity contribution in [1.82, 2.24) is 4.90 Å². The third-order valence-electron chi connectivity index (χ3n) is 3.75. The van der Waals surface area contributed by atoms with E-state index >= 15 is 0 Å². The van der Waals surface area contributed by atoms with Gasteiger partial charge in [-0.3, -0.25) is 0 Å². The molecule has 0 bridgehead atoms. The number of carbonyl (C=O) groups excluding carboxylic acids is 1. The summed E-state index contributed by atoms with van der Waals surface area (Å²) in [6.45, 7) is 3.35. The first-order valence-corrected chi connectivity index (χ1v) is 7.46. The first kappa shape index (κ1) is 15.8. The molecule has 2 rings (SSSR count). The van der Waals surface area contributed by atoms with Crippen LogP contribution in [0.5, 0.6) is 0 Å². The molecule has 0 spiro atoms.